The summed E-state index contributed by atoms with van der Waals surface area (Å²) in [5.74, 6) is 0.655. The molecule has 2 rings (SSSR count). The third kappa shape index (κ3) is 2.14. The summed E-state index contributed by atoms with van der Waals surface area (Å²) in [6, 6.07) is 1.85. The third-order valence-corrected chi connectivity index (χ3v) is 3.35. The smallest absolute Gasteiger partial charge is 0.215 e. The van der Waals surface area contributed by atoms with Gasteiger partial charge >= 0.3 is 0 Å². The van der Waals surface area contributed by atoms with E-state index in [1.165, 1.54) is 0 Å². The highest BCUT2D eigenvalue weighted by Gasteiger charge is 2.23. The molecule has 0 radical (unpaired) electrons. The molecule has 0 unspecified atom stereocenters. The highest BCUT2D eigenvalue weighted by Crippen LogP contribution is 2.24. The van der Waals surface area contributed by atoms with Gasteiger partial charge in [0, 0.05) is 12.5 Å². The van der Waals surface area contributed by atoms with E-state index < -0.39 is 0 Å². The van der Waals surface area contributed by atoms with Crippen LogP contribution in [0.15, 0.2) is 27.4 Å². The number of halogens is 1. The van der Waals surface area contributed by atoms with Crippen molar-refractivity contribution >= 4 is 21.7 Å². The minimum absolute atomic E-state index is 0.0568. The summed E-state index contributed by atoms with van der Waals surface area (Å²) in [5.41, 5.74) is 1.18. The molecule has 0 bridgehead atoms. The third-order valence-electron chi connectivity index (χ3n) is 2.77. The normalized spacial score (nSPS) is 11.2. The minimum atomic E-state index is -0.0568. The van der Waals surface area contributed by atoms with Gasteiger partial charge in [0.15, 0.2) is 0 Å². The average molecular weight is 311 g/mol. The molecule has 2 aromatic rings. The molecule has 0 atom stereocenters. The lowest BCUT2D eigenvalue weighted by Crippen LogP contribution is -2.14. The summed E-state index contributed by atoms with van der Waals surface area (Å²) >= 11 is 3.38. The summed E-state index contributed by atoms with van der Waals surface area (Å²) in [6.45, 7) is 5.95. The van der Waals surface area contributed by atoms with Crippen LogP contribution in [0.2, 0.25) is 0 Å². The van der Waals surface area contributed by atoms with Crippen LogP contribution in [0.25, 0.3) is 0 Å². The molecular weight excluding hydrogens is 296 g/mol. The van der Waals surface area contributed by atoms with Gasteiger partial charge in [-0.15, -0.1) is 0 Å². The van der Waals surface area contributed by atoms with Gasteiger partial charge in [-0.3, -0.25) is 9.48 Å². The van der Waals surface area contributed by atoms with Crippen LogP contribution in [0.1, 0.15) is 48.6 Å². The van der Waals surface area contributed by atoms with Crippen LogP contribution >= 0.6 is 15.9 Å². The van der Waals surface area contributed by atoms with E-state index in [9.17, 15) is 4.79 Å². The molecule has 0 aliphatic carbocycles. The molecule has 0 amide bonds. The van der Waals surface area contributed by atoms with Crippen molar-refractivity contribution in [3.63, 3.8) is 0 Å². The predicted molar refractivity (Wildman–Crippen MR) is 71.8 cm³/mol. The lowest BCUT2D eigenvalue weighted by atomic mass is 10.1. The molecule has 0 aliphatic heterocycles. The molecule has 0 N–H and O–H groups in total. The number of carbonyl (C=O) groups excluding carboxylic acids is 1. The molecule has 2 aromatic heterocycles. The van der Waals surface area contributed by atoms with Crippen molar-refractivity contribution < 1.29 is 9.21 Å². The van der Waals surface area contributed by atoms with Gasteiger partial charge in [-0.05, 0) is 35.8 Å². The van der Waals surface area contributed by atoms with Crippen molar-refractivity contribution in [1.82, 2.24) is 9.78 Å². The highest BCUT2D eigenvalue weighted by atomic mass is 79.9. The van der Waals surface area contributed by atoms with E-state index >= 15 is 0 Å². The molecule has 0 aromatic carbocycles. The number of furan rings is 1. The molecule has 0 saturated heterocycles. The largest absolute Gasteiger partial charge is 0.469 e. The van der Waals surface area contributed by atoms with Crippen LogP contribution < -0.4 is 0 Å². The predicted octanol–water partition coefficient (Wildman–Crippen LogP) is 3.61. The first-order chi connectivity index (χ1) is 8.56. The van der Waals surface area contributed by atoms with Crippen LogP contribution in [0.5, 0.6) is 0 Å². The second-order valence-electron chi connectivity index (χ2n) is 4.32. The standard InChI is InChI=1S/C13H15BrN2O2/c1-4-11-9(5-6-18-11)13(17)12-10(14)7-15-16(12)8(2)3/h5-8H,4H2,1-3H3. The second-order valence-corrected chi connectivity index (χ2v) is 5.17. The first-order valence-electron chi connectivity index (χ1n) is 5.90. The fraction of sp³-hybridized carbons (Fsp3) is 0.385. The summed E-state index contributed by atoms with van der Waals surface area (Å²) < 4.78 is 7.74. The Morgan fingerprint density at radius 2 is 2.28 bits per heavy atom. The maximum Gasteiger partial charge on any atom is 0.215 e. The van der Waals surface area contributed by atoms with Crippen molar-refractivity contribution in [3.8, 4) is 0 Å². The SMILES string of the molecule is CCc1occc1C(=O)c1c(Br)cnn1C(C)C. The van der Waals surface area contributed by atoms with E-state index in [-0.39, 0.29) is 11.8 Å². The van der Waals surface area contributed by atoms with Gasteiger partial charge in [-0.25, -0.2) is 0 Å². The van der Waals surface area contributed by atoms with Gasteiger partial charge in [-0.2, -0.15) is 5.10 Å². The number of rotatable bonds is 4. The number of hydrogen-bond donors (Lipinski definition) is 0. The van der Waals surface area contributed by atoms with Crippen molar-refractivity contribution in [2.45, 2.75) is 33.2 Å². The maximum atomic E-state index is 12.5. The minimum Gasteiger partial charge on any atom is -0.469 e. The van der Waals surface area contributed by atoms with Crippen LogP contribution in [-0.4, -0.2) is 15.6 Å². The van der Waals surface area contributed by atoms with Crippen molar-refractivity contribution in [3.05, 3.63) is 40.0 Å². The molecule has 0 fully saturated rings. The Morgan fingerprint density at radius 3 is 2.89 bits per heavy atom. The first-order valence-corrected chi connectivity index (χ1v) is 6.69. The van der Waals surface area contributed by atoms with Crippen LogP contribution in [0.3, 0.4) is 0 Å². The van der Waals surface area contributed by atoms with Gasteiger partial charge in [0.2, 0.25) is 5.78 Å². The van der Waals surface area contributed by atoms with E-state index in [1.807, 2.05) is 20.8 Å². The Labute approximate surface area is 114 Å². The fourth-order valence-corrected chi connectivity index (χ4v) is 2.34. The lowest BCUT2D eigenvalue weighted by Gasteiger charge is -2.10. The number of aromatic nitrogens is 2. The summed E-state index contributed by atoms with van der Waals surface area (Å²) in [5, 5.41) is 4.22. The Morgan fingerprint density at radius 1 is 1.56 bits per heavy atom. The number of hydrogen-bond acceptors (Lipinski definition) is 3. The lowest BCUT2D eigenvalue weighted by molar-refractivity contribution is 0.102. The average Bonchev–Trinajstić information content (AvgIpc) is 2.93. The summed E-state index contributed by atoms with van der Waals surface area (Å²) in [7, 11) is 0. The number of carbonyl (C=O) groups is 1. The fourth-order valence-electron chi connectivity index (χ4n) is 1.89. The van der Waals surface area contributed by atoms with E-state index in [0.717, 1.165) is 0 Å². The Bertz CT molecular complexity index is 569. The van der Waals surface area contributed by atoms with Gasteiger partial charge in [0.1, 0.15) is 11.5 Å². The number of aryl methyl sites for hydroxylation is 1. The molecule has 4 nitrogen and oxygen atoms in total. The van der Waals surface area contributed by atoms with Crippen LogP contribution in [0.4, 0.5) is 0 Å². The summed E-state index contributed by atoms with van der Waals surface area (Å²) in [4.78, 5) is 12.5. The summed E-state index contributed by atoms with van der Waals surface area (Å²) in [6.07, 6.45) is 3.90. The first kappa shape index (κ1) is 13.1. The van der Waals surface area contributed by atoms with Crippen molar-refractivity contribution in [1.29, 1.82) is 0 Å². The zero-order chi connectivity index (χ0) is 13.3. The van der Waals surface area contributed by atoms with Gasteiger partial charge in [0.05, 0.1) is 22.5 Å². The van der Waals surface area contributed by atoms with E-state index in [1.54, 1.807) is 23.2 Å². The Hall–Kier alpha value is -1.36. The Kier molecular flexibility index (Phi) is 3.71. The quantitative estimate of drug-likeness (QED) is 0.810. The van der Waals surface area contributed by atoms with Crippen LogP contribution in [0, 0.1) is 0 Å². The van der Waals surface area contributed by atoms with E-state index in [4.69, 9.17) is 4.42 Å². The van der Waals surface area contributed by atoms with Gasteiger partial charge in [0.25, 0.3) is 0 Å². The topological polar surface area (TPSA) is 48.0 Å². The Balaban J connectivity index is 2.49. The molecule has 96 valence electrons. The molecule has 18 heavy (non-hydrogen) atoms. The number of nitrogens with zero attached hydrogens (tertiary/aromatic N) is 2. The number of ketones is 1. The zero-order valence-corrected chi connectivity index (χ0v) is 12.2. The van der Waals surface area contributed by atoms with Gasteiger partial charge < -0.3 is 4.42 Å². The van der Waals surface area contributed by atoms with Crippen molar-refractivity contribution in [2.24, 2.45) is 0 Å². The van der Waals surface area contributed by atoms with Crippen molar-refractivity contribution in [2.75, 3.05) is 0 Å². The molecule has 2 heterocycles. The van der Waals surface area contributed by atoms with E-state index in [0.29, 0.717) is 27.9 Å². The maximum absolute atomic E-state index is 12.5. The van der Waals surface area contributed by atoms with Crippen LogP contribution in [-0.2, 0) is 6.42 Å². The zero-order valence-electron chi connectivity index (χ0n) is 10.6. The van der Waals surface area contributed by atoms with Gasteiger partial charge in [-0.1, -0.05) is 6.92 Å². The monoisotopic (exact) mass is 310 g/mol. The molecular formula is C13H15BrN2O2. The van der Waals surface area contributed by atoms with E-state index in [2.05, 4.69) is 21.0 Å². The second kappa shape index (κ2) is 5.10. The molecule has 0 saturated carbocycles. The molecule has 5 heteroatoms. The molecule has 0 aliphatic rings. The molecule has 0 spiro atoms. The highest BCUT2D eigenvalue weighted by molar-refractivity contribution is 9.10.